The molecule has 1 fully saturated rings. The molecular formula is C13H17Br2NO2S. The van der Waals surface area contributed by atoms with Crippen LogP contribution in [0.3, 0.4) is 0 Å². The van der Waals surface area contributed by atoms with E-state index in [2.05, 4.69) is 31.9 Å². The number of nitrogens with zero attached hydrogens (tertiary/aromatic N) is 1. The predicted molar refractivity (Wildman–Crippen MR) is 84.1 cm³/mol. The van der Waals surface area contributed by atoms with Crippen molar-refractivity contribution in [1.82, 2.24) is 4.31 Å². The molecule has 2 rings (SSSR count). The second-order valence-corrected chi connectivity index (χ2v) is 8.93. The molecule has 2 atom stereocenters. The minimum atomic E-state index is -3.41. The Bertz CT molecular complexity index is 530. The molecule has 1 aromatic carbocycles. The van der Waals surface area contributed by atoms with Gasteiger partial charge in [0.2, 0.25) is 10.0 Å². The first-order valence-corrected chi connectivity index (χ1v) is 9.45. The van der Waals surface area contributed by atoms with Crippen molar-refractivity contribution in [2.75, 3.05) is 7.05 Å². The smallest absolute Gasteiger partial charge is 0.207 e. The van der Waals surface area contributed by atoms with Crippen molar-refractivity contribution >= 4 is 41.9 Å². The third-order valence-electron chi connectivity index (χ3n) is 3.60. The lowest BCUT2D eigenvalue weighted by molar-refractivity contribution is 0.297. The lowest BCUT2D eigenvalue weighted by Gasteiger charge is -2.34. The van der Waals surface area contributed by atoms with E-state index in [1.54, 1.807) is 31.3 Å². The lowest BCUT2D eigenvalue weighted by atomic mass is 9.96. The average Bonchev–Trinajstić information content (AvgIpc) is 2.39. The number of rotatable bonds is 3. The molecule has 1 aromatic rings. The normalized spacial score (nSPS) is 24.6. The van der Waals surface area contributed by atoms with Crippen LogP contribution in [0, 0.1) is 0 Å². The van der Waals surface area contributed by atoms with Gasteiger partial charge >= 0.3 is 0 Å². The topological polar surface area (TPSA) is 37.4 Å². The first-order chi connectivity index (χ1) is 8.93. The van der Waals surface area contributed by atoms with E-state index in [0.717, 1.165) is 23.7 Å². The molecule has 0 amide bonds. The standard InChI is InChI=1S/C13H17Br2NO2S/c1-16(13-5-3-2-4-12(13)15)19(17,18)11-8-6-10(14)7-9-11/h6-9,12-13H,2-5H2,1H3. The zero-order valence-corrected chi connectivity index (χ0v) is 14.7. The van der Waals surface area contributed by atoms with Crippen LogP contribution in [0.25, 0.3) is 0 Å². The summed E-state index contributed by atoms with van der Waals surface area (Å²) in [6, 6.07) is 6.84. The average molecular weight is 411 g/mol. The molecule has 0 radical (unpaired) electrons. The number of halogens is 2. The van der Waals surface area contributed by atoms with Crippen molar-refractivity contribution in [3.05, 3.63) is 28.7 Å². The number of sulfonamides is 1. The van der Waals surface area contributed by atoms with E-state index in [0.29, 0.717) is 4.90 Å². The Morgan fingerprint density at radius 3 is 2.32 bits per heavy atom. The Kier molecular flexibility index (Phi) is 5.09. The van der Waals surface area contributed by atoms with Crippen molar-refractivity contribution in [2.24, 2.45) is 0 Å². The second-order valence-electron chi connectivity index (χ2n) is 4.84. The Morgan fingerprint density at radius 1 is 1.16 bits per heavy atom. The van der Waals surface area contributed by atoms with Crippen molar-refractivity contribution in [2.45, 2.75) is 41.4 Å². The fourth-order valence-electron chi connectivity index (χ4n) is 2.43. The van der Waals surface area contributed by atoms with Crippen LogP contribution in [-0.4, -0.2) is 30.6 Å². The highest BCUT2D eigenvalue weighted by molar-refractivity contribution is 9.10. The fourth-order valence-corrected chi connectivity index (χ4v) is 5.21. The highest BCUT2D eigenvalue weighted by Gasteiger charge is 2.33. The van der Waals surface area contributed by atoms with E-state index in [9.17, 15) is 8.42 Å². The van der Waals surface area contributed by atoms with Gasteiger partial charge in [0.25, 0.3) is 0 Å². The Morgan fingerprint density at radius 2 is 1.74 bits per heavy atom. The molecule has 0 heterocycles. The SMILES string of the molecule is CN(C1CCCCC1Br)S(=O)(=O)c1ccc(Br)cc1. The van der Waals surface area contributed by atoms with Gasteiger partial charge in [-0.25, -0.2) is 8.42 Å². The van der Waals surface area contributed by atoms with Gasteiger partial charge < -0.3 is 0 Å². The minimum absolute atomic E-state index is 0.0439. The van der Waals surface area contributed by atoms with Crippen LogP contribution in [0.4, 0.5) is 0 Å². The maximum atomic E-state index is 12.6. The summed E-state index contributed by atoms with van der Waals surface area (Å²) in [5.74, 6) is 0. The summed E-state index contributed by atoms with van der Waals surface area (Å²) < 4.78 is 27.6. The monoisotopic (exact) mass is 409 g/mol. The highest BCUT2D eigenvalue weighted by Crippen LogP contribution is 2.31. The van der Waals surface area contributed by atoms with Gasteiger partial charge in [-0.1, -0.05) is 44.7 Å². The van der Waals surface area contributed by atoms with Crippen LogP contribution in [0.2, 0.25) is 0 Å². The van der Waals surface area contributed by atoms with Crippen LogP contribution < -0.4 is 0 Å². The third-order valence-corrected chi connectivity index (χ3v) is 7.10. The first kappa shape index (κ1) is 15.5. The Balaban J connectivity index is 2.25. The van der Waals surface area contributed by atoms with E-state index in [1.807, 2.05) is 0 Å². The summed E-state index contributed by atoms with van der Waals surface area (Å²) in [5.41, 5.74) is 0. The van der Waals surface area contributed by atoms with E-state index < -0.39 is 10.0 Å². The maximum absolute atomic E-state index is 12.6. The predicted octanol–water partition coefficient (Wildman–Crippen LogP) is 3.78. The summed E-state index contributed by atoms with van der Waals surface area (Å²) >= 11 is 6.94. The molecule has 0 N–H and O–H groups in total. The quantitative estimate of drug-likeness (QED) is 0.711. The molecule has 1 aliphatic rings. The Labute approximate surface area is 131 Å². The molecule has 106 valence electrons. The largest absolute Gasteiger partial charge is 0.243 e. The van der Waals surface area contributed by atoms with Crippen LogP contribution in [0.1, 0.15) is 25.7 Å². The molecule has 1 saturated carbocycles. The van der Waals surface area contributed by atoms with Gasteiger partial charge in [-0.15, -0.1) is 0 Å². The van der Waals surface area contributed by atoms with E-state index in [-0.39, 0.29) is 10.9 Å². The number of hydrogen-bond donors (Lipinski definition) is 0. The molecule has 6 heteroatoms. The summed E-state index contributed by atoms with van der Waals surface area (Å²) in [7, 11) is -1.72. The fraction of sp³-hybridized carbons (Fsp3) is 0.538. The van der Waals surface area contributed by atoms with Crippen LogP contribution in [-0.2, 0) is 10.0 Å². The molecule has 0 aliphatic heterocycles. The molecule has 19 heavy (non-hydrogen) atoms. The summed E-state index contributed by atoms with van der Waals surface area (Å²) in [6.07, 6.45) is 4.21. The van der Waals surface area contributed by atoms with Gasteiger partial charge in [0, 0.05) is 22.4 Å². The van der Waals surface area contributed by atoms with Crippen molar-refractivity contribution in [3.63, 3.8) is 0 Å². The minimum Gasteiger partial charge on any atom is -0.207 e. The van der Waals surface area contributed by atoms with Gasteiger partial charge in [0.05, 0.1) is 4.90 Å². The summed E-state index contributed by atoms with van der Waals surface area (Å²) in [5, 5.41) is 0. The molecule has 0 bridgehead atoms. The van der Waals surface area contributed by atoms with E-state index >= 15 is 0 Å². The number of hydrogen-bond acceptors (Lipinski definition) is 2. The zero-order valence-electron chi connectivity index (χ0n) is 10.7. The number of benzene rings is 1. The van der Waals surface area contributed by atoms with Crippen LogP contribution >= 0.6 is 31.9 Å². The molecule has 1 aliphatic carbocycles. The summed E-state index contributed by atoms with van der Waals surface area (Å²) in [6.45, 7) is 0. The van der Waals surface area contributed by atoms with Gasteiger partial charge in [-0.2, -0.15) is 4.31 Å². The van der Waals surface area contributed by atoms with Crippen LogP contribution in [0.15, 0.2) is 33.6 Å². The number of alkyl halides is 1. The van der Waals surface area contributed by atoms with Gasteiger partial charge in [-0.3, -0.25) is 0 Å². The summed E-state index contributed by atoms with van der Waals surface area (Å²) in [4.78, 5) is 0.597. The van der Waals surface area contributed by atoms with Gasteiger partial charge in [0.15, 0.2) is 0 Å². The third kappa shape index (κ3) is 3.40. The molecule has 3 nitrogen and oxygen atoms in total. The second kappa shape index (κ2) is 6.24. The van der Waals surface area contributed by atoms with Crippen LogP contribution in [0.5, 0.6) is 0 Å². The molecular weight excluding hydrogens is 394 g/mol. The van der Waals surface area contributed by atoms with Crippen molar-refractivity contribution in [1.29, 1.82) is 0 Å². The van der Waals surface area contributed by atoms with E-state index in [4.69, 9.17) is 0 Å². The molecule has 0 aromatic heterocycles. The molecule has 0 saturated heterocycles. The maximum Gasteiger partial charge on any atom is 0.243 e. The van der Waals surface area contributed by atoms with E-state index in [1.165, 1.54) is 10.7 Å². The highest BCUT2D eigenvalue weighted by atomic mass is 79.9. The van der Waals surface area contributed by atoms with Crippen molar-refractivity contribution < 1.29 is 8.42 Å². The van der Waals surface area contributed by atoms with Crippen molar-refractivity contribution in [3.8, 4) is 0 Å². The first-order valence-electron chi connectivity index (χ1n) is 6.30. The zero-order chi connectivity index (χ0) is 14.0. The molecule has 2 unspecified atom stereocenters. The Hall–Kier alpha value is 0.0900. The van der Waals surface area contributed by atoms with Gasteiger partial charge in [-0.05, 0) is 37.1 Å². The lowest BCUT2D eigenvalue weighted by Crippen LogP contribution is -2.43. The molecule has 0 spiro atoms. The van der Waals surface area contributed by atoms with Gasteiger partial charge in [0.1, 0.15) is 0 Å².